The molecule has 2 N–H and O–H groups in total. The van der Waals surface area contributed by atoms with Crippen LogP contribution in [0.15, 0.2) is 0 Å². The fourth-order valence-electron chi connectivity index (χ4n) is 1.65. The summed E-state index contributed by atoms with van der Waals surface area (Å²) in [6.07, 6.45) is 1.14. The van der Waals surface area contributed by atoms with Gasteiger partial charge in [-0.05, 0) is 6.42 Å². The van der Waals surface area contributed by atoms with Crippen LogP contribution in [-0.2, 0) is 14.3 Å². The van der Waals surface area contributed by atoms with Crippen molar-refractivity contribution in [1.29, 1.82) is 0 Å². The zero-order valence-corrected chi connectivity index (χ0v) is 8.39. The third-order valence-corrected chi connectivity index (χ3v) is 2.39. The SMILES string of the molecule is O=C(CC(CO)N1CCCC1=O)OCO. The summed E-state index contributed by atoms with van der Waals surface area (Å²) in [5, 5.41) is 17.4. The summed E-state index contributed by atoms with van der Waals surface area (Å²) in [5.41, 5.74) is 0. The van der Waals surface area contributed by atoms with Gasteiger partial charge in [0.25, 0.3) is 0 Å². The summed E-state index contributed by atoms with van der Waals surface area (Å²) < 4.78 is 4.34. The first-order valence-electron chi connectivity index (χ1n) is 4.86. The predicted molar refractivity (Wildman–Crippen MR) is 49.6 cm³/mol. The van der Waals surface area contributed by atoms with E-state index in [1.165, 1.54) is 4.90 Å². The second-order valence-electron chi connectivity index (χ2n) is 3.38. The molecule has 0 aromatic carbocycles. The number of rotatable bonds is 5. The molecule has 1 saturated heterocycles. The third kappa shape index (κ3) is 3.17. The van der Waals surface area contributed by atoms with Crippen LogP contribution >= 0.6 is 0 Å². The Bertz CT molecular complexity index is 243. The number of aliphatic hydroxyl groups is 2. The molecule has 0 aromatic rings. The maximum atomic E-state index is 11.3. The number of likely N-dealkylation sites (tertiary alicyclic amines) is 1. The molecule has 0 aromatic heterocycles. The number of nitrogens with zero attached hydrogens (tertiary/aromatic N) is 1. The van der Waals surface area contributed by atoms with Crippen molar-refractivity contribution in [2.24, 2.45) is 0 Å². The fraction of sp³-hybridized carbons (Fsp3) is 0.778. The van der Waals surface area contributed by atoms with Crippen LogP contribution in [0.2, 0.25) is 0 Å². The fourth-order valence-corrected chi connectivity index (χ4v) is 1.65. The van der Waals surface area contributed by atoms with Gasteiger partial charge in [0, 0.05) is 13.0 Å². The van der Waals surface area contributed by atoms with Crippen molar-refractivity contribution in [3.8, 4) is 0 Å². The molecular weight excluding hydrogens is 202 g/mol. The van der Waals surface area contributed by atoms with Crippen LogP contribution in [0, 0.1) is 0 Å². The molecule has 0 bridgehead atoms. The molecular formula is C9H15NO5. The van der Waals surface area contributed by atoms with E-state index in [2.05, 4.69) is 4.74 Å². The molecule has 1 rings (SSSR count). The van der Waals surface area contributed by atoms with E-state index in [0.29, 0.717) is 13.0 Å². The number of hydrogen-bond acceptors (Lipinski definition) is 5. The molecule has 1 heterocycles. The first kappa shape index (κ1) is 11.9. The van der Waals surface area contributed by atoms with Crippen molar-refractivity contribution in [3.63, 3.8) is 0 Å². The third-order valence-electron chi connectivity index (χ3n) is 2.39. The van der Waals surface area contributed by atoms with Crippen LogP contribution in [0.3, 0.4) is 0 Å². The highest BCUT2D eigenvalue weighted by Crippen LogP contribution is 2.15. The van der Waals surface area contributed by atoms with Crippen LogP contribution in [0.4, 0.5) is 0 Å². The Hall–Kier alpha value is -1.14. The summed E-state index contributed by atoms with van der Waals surface area (Å²) >= 11 is 0. The van der Waals surface area contributed by atoms with Crippen molar-refractivity contribution in [1.82, 2.24) is 4.90 Å². The van der Waals surface area contributed by atoms with Crippen LogP contribution in [0.25, 0.3) is 0 Å². The Kier molecular flexibility index (Phi) is 4.51. The van der Waals surface area contributed by atoms with Gasteiger partial charge in [0.05, 0.1) is 19.1 Å². The summed E-state index contributed by atoms with van der Waals surface area (Å²) in [4.78, 5) is 23.9. The van der Waals surface area contributed by atoms with E-state index in [0.717, 1.165) is 6.42 Å². The van der Waals surface area contributed by atoms with Gasteiger partial charge in [-0.3, -0.25) is 9.59 Å². The van der Waals surface area contributed by atoms with E-state index in [1.54, 1.807) is 0 Å². The highest BCUT2D eigenvalue weighted by molar-refractivity contribution is 5.79. The van der Waals surface area contributed by atoms with Gasteiger partial charge >= 0.3 is 5.97 Å². The summed E-state index contributed by atoms with van der Waals surface area (Å²) in [6.45, 7) is -0.381. The molecule has 1 unspecified atom stereocenters. The summed E-state index contributed by atoms with van der Waals surface area (Å²) in [6, 6.07) is -0.529. The highest BCUT2D eigenvalue weighted by Gasteiger charge is 2.29. The van der Waals surface area contributed by atoms with Gasteiger partial charge in [0.1, 0.15) is 0 Å². The molecule has 6 heteroatoms. The Morgan fingerprint density at radius 2 is 2.27 bits per heavy atom. The van der Waals surface area contributed by atoms with Crippen LogP contribution in [0.1, 0.15) is 19.3 Å². The molecule has 0 spiro atoms. The zero-order valence-electron chi connectivity index (χ0n) is 8.39. The van der Waals surface area contributed by atoms with Gasteiger partial charge in [-0.1, -0.05) is 0 Å². The monoisotopic (exact) mass is 217 g/mol. The number of carbonyl (C=O) groups is 2. The molecule has 1 atom stereocenters. The van der Waals surface area contributed by atoms with E-state index in [1.807, 2.05) is 0 Å². The minimum atomic E-state index is -0.676. The maximum Gasteiger partial charge on any atom is 0.310 e. The minimum absolute atomic E-state index is 0.0501. The second kappa shape index (κ2) is 5.67. The molecule has 6 nitrogen and oxygen atoms in total. The van der Waals surface area contributed by atoms with Gasteiger partial charge in [-0.25, -0.2) is 0 Å². The van der Waals surface area contributed by atoms with E-state index in [4.69, 9.17) is 10.2 Å². The van der Waals surface area contributed by atoms with Gasteiger partial charge < -0.3 is 19.8 Å². The van der Waals surface area contributed by atoms with Crippen molar-refractivity contribution in [2.75, 3.05) is 19.9 Å². The summed E-state index contributed by atoms with van der Waals surface area (Å²) in [5.74, 6) is -0.665. The largest absolute Gasteiger partial charge is 0.439 e. The van der Waals surface area contributed by atoms with E-state index < -0.39 is 18.8 Å². The molecule has 1 amide bonds. The van der Waals surface area contributed by atoms with Crippen LogP contribution in [0.5, 0.6) is 0 Å². The topological polar surface area (TPSA) is 87.1 Å². The van der Waals surface area contributed by atoms with E-state index in [-0.39, 0.29) is 18.9 Å². The van der Waals surface area contributed by atoms with Crippen molar-refractivity contribution in [2.45, 2.75) is 25.3 Å². The lowest BCUT2D eigenvalue weighted by atomic mass is 10.2. The zero-order chi connectivity index (χ0) is 11.3. The standard InChI is InChI=1S/C9H15NO5/c11-5-7(4-9(14)15-6-12)10-3-1-2-8(10)13/h7,11-12H,1-6H2. The molecule has 0 aliphatic carbocycles. The van der Waals surface area contributed by atoms with Crippen molar-refractivity contribution >= 4 is 11.9 Å². The van der Waals surface area contributed by atoms with Crippen LogP contribution in [-0.4, -0.2) is 53.0 Å². The smallest absolute Gasteiger partial charge is 0.310 e. The number of aliphatic hydroxyl groups excluding tert-OH is 2. The molecule has 1 aliphatic heterocycles. The van der Waals surface area contributed by atoms with Gasteiger partial charge in [0.2, 0.25) is 5.91 Å². The number of esters is 1. The van der Waals surface area contributed by atoms with Crippen molar-refractivity contribution < 1.29 is 24.5 Å². The summed E-state index contributed by atoms with van der Waals surface area (Å²) in [7, 11) is 0. The van der Waals surface area contributed by atoms with Gasteiger partial charge in [-0.2, -0.15) is 0 Å². The number of carbonyl (C=O) groups excluding carboxylic acids is 2. The Morgan fingerprint density at radius 3 is 2.73 bits per heavy atom. The Morgan fingerprint density at radius 1 is 1.53 bits per heavy atom. The Labute approximate surface area is 87.4 Å². The second-order valence-corrected chi connectivity index (χ2v) is 3.38. The maximum absolute atomic E-state index is 11.3. The molecule has 0 radical (unpaired) electrons. The number of amides is 1. The first-order valence-corrected chi connectivity index (χ1v) is 4.86. The average Bonchev–Trinajstić information content (AvgIpc) is 2.61. The Balaban J connectivity index is 2.47. The predicted octanol–water partition coefficient (Wildman–Crippen LogP) is -1.15. The highest BCUT2D eigenvalue weighted by atomic mass is 16.6. The van der Waals surface area contributed by atoms with Crippen LogP contribution < -0.4 is 0 Å². The lowest BCUT2D eigenvalue weighted by Gasteiger charge is -2.24. The first-order chi connectivity index (χ1) is 7.19. The number of hydrogen-bond donors (Lipinski definition) is 2. The lowest BCUT2D eigenvalue weighted by Crippen LogP contribution is -2.40. The lowest BCUT2D eigenvalue weighted by molar-refractivity contribution is -0.154. The van der Waals surface area contributed by atoms with Gasteiger partial charge in [0.15, 0.2) is 6.79 Å². The average molecular weight is 217 g/mol. The normalized spacial score (nSPS) is 18.0. The minimum Gasteiger partial charge on any atom is -0.439 e. The molecule has 86 valence electrons. The quantitative estimate of drug-likeness (QED) is 0.448. The molecule has 1 aliphatic rings. The molecule has 0 saturated carbocycles. The molecule has 1 fully saturated rings. The van der Waals surface area contributed by atoms with E-state index >= 15 is 0 Å². The van der Waals surface area contributed by atoms with Crippen molar-refractivity contribution in [3.05, 3.63) is 0 Å². The van der Waals surface area contributed by atoms with E-state index in [9.17, 15) is 9.59 Å². The molecule has 15 heavy (non-hydrogen) atoms. The van der Waals surface area contributed by atoms with Gasteiger partial charge in [-0.15, -0.1) is 0 Å². The number of ether oxygens (including phenoxy) is 1.